The van der Waals surface area contributed by atoms with Crippen LogP contribution in [0.2, 0.25) is 0 Å². The number of rotatable bonds is 4. The minimum absolute atomic E-state index is 0.0427. The van der Waals surface area contributed by atoms with Crippen molar-refractivity contribution in [3.05, 3.63) is 53.4 Å². The van der Waals surface area contributed by atoms with Crippen LogP contribution < -0.4 is 5.32 Å². The maximum Gasteiger partial charge on any atom is 0.126 e. The molecule has 19 heavy (non-hydrogen) atoms. The first-order valence-corrected chi connectivity index (χ1v) is 6.06. The Morgan fingerprint density at radius 1 is 1.37 bits per heavy atom. The van der Waals surface area contributed by atoms with E-state index in [-0.39, 0.29) is 11.8 Å². The van der Waals surface area contributed by atoms with Crippen LogP contribution in [-0.2, 0) is 6.54 Å². The maximum absolute atomic E-state index is 12.9. The molecule has 0 saturated heterocycles. The highest BCUT2D eigenvalue weighted by Crippen LogP contribution is 2.24. The van der Waals surface area contributed by atoms with Crippen LogP contribution in [-0.4, -0.2) is 15.1 Å². The van der Waals surface area contributed by atoms with Crippen LogP contribution in [0.5, 0.6) is 5.75 Å². The summed E-state index contributed by atoms with van der Waals surface area (Å²) < 4.78 is 12.9. The van der Waals surface area contributed by atoms with E-state index >= 15 is 0 Å². The molecule has 0 amide bonds. The third-order valence-corrected chi connectivity index (χ3v) is 2.88. The van der Waals surface area contributed by atoms with Gasteiger partial charge in [0.15, 0.2) is 0 Å². The fourth-order valence-corrected chi connectivity index (χ4v) is 1.85. The smallest absolute Gasteiger partial charge is 0.126 e. The number of hydrogen-bond acceptors (Lipinski definition) is 4. The molecule has 4 nitrogen and oxygen atoms in total. The van der Waals surface area contributed by atoms with Crippen molar-refractivity contribution >= 4 is 0 Å². The minimum atomic E-state index is -0.445. The number of benzene rings is 1. The topological polar surface area (TPSA) is 58.0 Å². The molecular formula is C14H16FN3O. The quantitative estimate of drug-likeness (QED) is 0.887. The average Bonchev–Trinajstić information content (AvgIpc) is 2.36. The summed E-state index contributed by atoms with van der Waals surface area (Å²) in [6.07, 6.45) is 1.71. The normalized spacial score (nSPS) is 12.4. The molecule has 1 atom stereocenters. The van der Waals surface area contributed by atoms with Crippen LogP contribution in [0.4, 0.5) is 4.39 Å². The van der Waals surface area contributed by atoms with Crippen molar-refractivity contribution in [3.63, 3.8) is 0 Å². The molecule has 1 aromatic carbocycles. The molecule has 1 unspecified atom stereocenters. The highest BCUT2D eigenvalue weighted by molar-refractivity contribution is 5.34. The van der Waals surface area contributed by atoms with Gasteiger partial charge in [0.05, 0.1) is 5.69 Å². The number of aromatic hydroxyl groups is 1. The van der Waals surface area contributed by atoms with Gasteiger partial charge in [-0.2, -0.15) is 0 Å². The second-order valence-electron chi connectivity index (χ2n) is 4.40. The molecule has 0 aliphatic heterocycles. The van der Waals surface area contributed by atoms with E-state index in [0.717, 1.165) is 17.6 Å². The number of nitrogens with one attached hydrogen (secondary N) is 1. The number of aryl methyl sites for hydroxylation is 1. The van der Waals surface area contributed by atoms with E-state index in [2.05, 4.69) is 15.3 Å². The Labute approximate surface area is 111 Å². The monoisotopic (exact) mass is 261 g/mol. The van der Waals surface area contributed by atoms with Gasteiger partial charge in [-0.1, -0.05) is 6.07 Å². The highest BCUT2D eigenvalue weighted by Gasteiger charge is 2.10. The van der Waals surface area contributed by atoms with E-state index in [1.807, 2.05) is 19.9 Å². The molecule has 2 N–H and O–H groups in total. The number of halogens is 1. The Hall–Kier alpha value is -2.01. The van der Waals surface area contributed by atoms with Crippen LogP contribution in [0.15, 0.2) is 30.5 Å². The minimum Gasteiger partial charge on any atom is -0.508 e. The number of nitrogens with zero attached hydrogens (tertiary/aromatic N) is 2. The Morgan fingerprint density at radius 3 is 2.84 bits per heavy atom. The zero-order chi connectivity index (χ0) is 13.8. The lowest BCUT2D eigenvalue weighted by molar-refractivity contribution is 0.446. The van der Waals surface area contributed by atoms with E-state index < -0.39 is 5.82 Å². The standard InChI is InChI=1S/C14H16FN3O/c1-9(13-4-3-11(15)7-14(13)19)17-8-12-5-6-16-10(2)18-12/h3-7,9,17,19H,8H2,1-2H3. The lowest BCUT2D eigenvalue weighted by Crippen LogP contribution is -2.19. The fourth-order valence-electron chi connectivity index (χ4n) is 1.85. The van der Waals surface area contributed by atoms with Gasteiger partial charge in [0, 0.05) is 30.4 Å². The predicted octanol–water partition coefficient (Wildman–Crippen LogP) is 2.48. The Kier molecular flexibility index (Phi) is 4.06. The molecule has 0 spiro atoms. The van der Waals surface area contributed by atoms with Gasteiger partial charge in [0.2, 0.25) is 0 Å². The van der Waals surface area contributed by atoms with Gasteiger partial charge in [-0.05, 0) is 26.0 Å². The van der Waals surface area contributed by atoms with Gasteiger partial charge in [-0.15, -0.1) is 0 Å². The van der Waals surface area contributed by atoms with Gasteiger partial charge < -0.3 is 10.4 Å². The second kappa shape index (κ2) is 5.75. The Bertz CT molecular complexity index is 574. The fraction of sp³-hybridized carbons (Fsp3) is 0.286. The third kappa shape index (κ3) is 3.48. The van der Waals surface area contributed by atoms with Crippen molar-refractivity contribution in [2.75, 3.05) is 0 Å². The second-order valence-corrected chi connectivity index (χ2v) is 4.40. The summed E-state index contributed by atoms with van der Waals surface area (Å²) in [5, 5.41) is 12.9. The first-order valence-electron chi connectivity index (χ1n) is 6.06. The summed E-state index contributed by atoms with van der Waals surface area (Å²) in [5.41, 5.74) is 1.54. The van der Waals surface area contributed by atoms with E-state index in [4.69, 9.17) is 0 Å². The molecule has 1 heterocycles. The molecule has 5 heteroatoms. The summed E-state index contributed by atoms with van der Waals surface area (Å²) in [7, 11) is 0. The van der Waals surface area contributed by atoms with Crippen LogP contribution in [0.25, 0.3) is 0 Å². The number of phenolic OH excluding ortho intramolecular Hbond substituents is 1. The molecule has 0 aliphatic rings. The largest absolute Gasteiger partial charge is 0.508 e. The average molecular weight is 261 g/mol. The molecule has 1 aromatic heterocycles. The maximum atomic E-state index is 12.9. The van der Waals surface area contributed by atoms with Crippen molar-refractivity contribution < 1.29 is 9.50 Å². The van der Waals surface area contributed by atoms with Gasteiger partial charge >= 0.3 is 0 Å². The molecule has 0 bridgehead atoms. The van der Waals surface area contributed by atoms with Gasteiger partial charge in [0.25, 0.3) is 0 Å². The third-order valence-electron chi connectivity index (χ3n) is 2.88. The van der Waals surface area contributed by atoms with Crippen molar-refractivity contribution in [2.45, 2.75) is 26.4 Å². The molecule has 0 saturated carbocycles. The molecule has 0 aliphatic carbocycles. The van der Waals surface area contributed by atoms with E-state index in [0.29, 0.717) is 12.1 Å². The first kappa shape index (κ1) is 13.4. The van der Waals surface area contributed by atoms with Gasteiger partial charge in [-0.25, -0.2) is 14.4 Å². The Morgan fingerprint density at radius 2 is 2.16 bits per heavy atom. The van der Waals surface area contributed by atoms with Gasteiger partial charge in [-0.3, -0.25) is 0 Å². The summed E-state index contributed by atoms with van der Waals surface area (Å²) >= 11 is 0. The van der Waals surface area contributed by atoms with Crippen LogP contribution in [0, 0.1) is 12.7 Å². The first-order chi connectivity index (χ1) is 9.06. The lowest BCUT2D eigenvalue weighted by atomic mass is 10.1. The van der Waals surface area contributed by atoms with Crippen molar-refractivity contribution in [3.8, 4) is 5.75 Å². The molecule has 0 fully saturated rings. The highest BCUT2D eigenvalue weighted by atomic mass is 19.1. The number of hydrogen-bond donors (Lipinski definition) is 2. The summed E-state index contributed by atoms with van der Waals surface area (Å²) in [4.78, 5) is 8.31. The lowest BCUT2D eigenvalue weighted by Gasteiger charge is -2.15. The van der Waals surface area contributed by atoms with E-state index in [9.17, 15) is 9.50 Å². The van der Waals surface area contributed by atoms with E-state index in [1.165, 1.54) is 6.07 Å². The van der Waals surface area contributed by atoms with Crippen molar-refractivity contribution in [1.82, 2.24) is 15.3 Å². The Balaban J connectivity index is 2.03. The zero-order valence-electron chi connectivity index (χ0n) is 10.9. The molecule has 0 radical (unpaired) electrons. The van der Waals surface area contributed by atoms with Crippen LogP contribution in [0.1, 0.15) is 30.0 Å². The van der Waals surface area contributed by atoms with Gasteiger partial charge in [0.1, 0.15) is 17.4 Å². The molecule has 2 aromatic rings. The van der Waals surface area contributed by atoms with Crippen molar-refractivity contribution in [1.29, 1.82) is 0 Å². The van der Waals surface area contributed by atoms with E-state index in [1.54, 1.807) is 12.3 Å². The molecule has 2 rings (SSSR count). The number of phenols is 1. The predicted molar refractivity (Wildman–Crippen MR) is 70.1 cm³/mol. The summed E-state index contributed by atoms with van der Waals surface area (Å²) in [5.74, 6) is 0.232. The SMILES string of the molecule is Cc1nccc(CNC(C)c2ccc(F)cc2O)n1. The van der Waals surface area contributed by atoms with Crippen molar-refractivity contribution in [2.24, 2.45) is 0 Å². The van der Waals surface area contributed by atoms with Crippen LogP contribution in [0.3, 0.4) is 0 Å². The molecule has 100 valence electrons. The zero-order valence-corrected chi connectivity index (χ0v) is 10.9. The van der Waals surface area contributed by atoms with Crippen LogP contribution >= 0.6 is 0 Å². The number of aromatic nitrogens is 2. The summed E-state index contributed by atoms with van der Waals surface area (Å²) in [6.45, 7) is 4.29. The summed E-state index contributed by atoms with van der Waals surface area (Å²) in [6, 6.07) is 5.76. The molecular weight excluding hydrogens is 245 g/mol.